The van der Waals surface area contributed by atoms with Gasteiger partial charge < -0.3 is 5.11 Å². The maximum absolute atomic E-state index is 10.7. The first-order valence-corrected chi connectivity index (χ1v) is 3.26. The molecule has 13 heavy (non-hydrogen) atoms. The van der Waals surface area contributed by atoms with Crippen molar-refractivity contribution in [1.29, 1.82) is 0 Å². The van der Waals surface area contributed by atoms with Crippen LogP contribution in [0.1, 0.15) is 20.0 Å². The van der Waals surface area contributed by atoms with Crippen molar-refractivity contribution in [2.24, 2.45) is 0 Å². The van der Waals surface area contributed by atoms with Crippen LogP contribution >= 0.6 is 0 Å². The fourth-order valence-corrected chi connectivity index (χ4v) is 0.913. The van der Waals surface area contributed by atoms with Gasteiger partial charge in [-0.25, -0.2) is 4.79 Å². The molecule has 1 N–H and O–H groups in total. The minimum Gasteiger partial charge on any atom is -0.477 e. The summed E-state index contributed by atoms with van der Waals surface area (Å²) in [6, 6.07) is 3.19. The number of carbonyl (C=O) groups is 1. The lowest BCUT2D eigenvalue weighted by Gasteiger charge is -1.99. The second-order valence-electron chi connectivity index (χ2n) is 2.26. The molecule has 0 spiro atoms. The molecule has 0 atom stereocenters. The third-order valence-electron chi connectivity index (χ3n) is 1.45. The summed E-state index contributed by atoms with van der Waals surface area (Å²) in [5.41, 5.74) is -2.08. The average Bonchev–Trinajstić information content (AvgIpc) is 2.14. The molecule has 0 aromatic heterocycles. The molecule has 5 heteroatoms. The molecule has 0 saturated carbocycles. The fraction of sp³-hybridized carbons (Fsp3) is 0.125. The Morgan fingerprint density at radius 2 is 2.38 bits per heavy atom. The number of carboxylic acid groups (broad SMARTS) is 1. The zero-order chi connectivity index (χ0) is 12.5. The number of aryl methyl sites for hydroxylation is 1. The minimum atomic E-state index is -2.71. The SMILES string of the molecule is [2H]C([2H])([2H])c1cccc(C(=O)O)c1[N+](=O)[O-]. The van der Waals surface area contributed by atoms with Gasteiger partial charge in [0.1, 0.15) is 5.56 Å². The van der Waals surface area contributed by atoms with Crippen molar-refractivity contribution in [3.63, 3.8) is 0 Å². The highest BCUT2D eigenvalue weighted by atomic mass is 16.6. The standard InChI is InChI=1S/C8H7NO4/c1-5-3-2-4-6(8(10)11)7(5)9(12)13/h2-4H,1H3,(H,10,11)/i1D3. The van der Waals surface area contributed by atoms with E-state index in [4.69, 9.17) is 9.22 Å². The fourth-order valence-electron chi connectivity index (χ4n) is 0.913. The van der Waals surface area contributed by atoms with E-state index in [1.807, 2.05) is 0 Å². The molecule has 5 nitrogen and oxygen atoms in total. The van der Waals surface area contributed by atoms with Crippen LogP contribution in [0.4, 0.5) is 5.69 Å². The second kappa shape index (κ2) is 3.22. The first kappa shape index (κ1) is 5.69. The molecule has 1 aromatic carbocycles. The van der Waals surface area contributed by atoms with Crippen molar-refractivity contribution in [3.8, 4) is 0 Å². The summed E-state index contributed by atoms with van der Waals surface area (Å²) in [6.45, 7) is -2.71. The number of rotatable bonds is 2. The van der Waals surface area contributed by atoms with Gasteiger partial charge in [-0.1, -0.05) is 12.1 Å². The lowest BCUT2D eigenvalue weighted by atomic mass is 10.1. The van der Waals surface area contributed by atoms with Crippen LogP contribution in [0.2, 0.25) is 0 Å². The van der Waals surface area contributed by atoms with Crippen molar-refractivity contribution >= 4 is 11.7 Å². The van der Waals surface area contributed by atoms with E-state index in [2.05, 4.69) is 0 Å². The molecule has 0 aliphatic carbocycles. The van der Waals surface area contributed by atoms with Crippen LogP contribution in [0.25, 0.3) is 0 Å². The average molecular weight is 184 g/mol. The normalized spacial score (nSPS) is 14.0. The van der Waals surface area contributed by atoms with E-state index >= 15 is 0 Å². The highest BCUT2D eigenvalue weighted by Crippen LogP contribution is 2.22. The van der Waals surface area contributed by atoms with E-state index in [1.165, 1.54) is 0 Å². The summed E-state index contributed by atoms with van der Waals surface area (Å²) in [6.07, 6.45) is 0. The Morgan fingerprint density at radius 1 is 1.69 bits per heavy atom. The molecular formula is C8H7NO4. The number of nitrogens with zero attached hydrogens (tertiary/aromatic N) is 1. The molecule has 0 saturated heterocycles. The van der Waals surface area contributed by atoms with E-state index in [1.54, 1.807) is 0 Å². The predicted molar refractivity (Wildman–Crippen MR) is 44.8 cm³/mol. The van der Waals surface area contributed by atoms with Crippen molar-refractivity contribution in [2.45, 2.75) is 6.85 Å². The van der Waals surface area contributed by atoms with Gasteiger partial charge in [0.2, 0.25) is 0 Å². The zero-order valence-electron chi connectivity index (χ0n) is 9.35. The van der Waals surface area contributed by atoms with Gasteiger partial charge in [0.25, 0.3) is 5.69 Å². The molecule has 0 bridgehead atoms. The molecule has 0 aliphatic heterocycles. The molecule has 1 aromatic rings. The first-order chi connectivity index (χ1) is 7.25. The van der Waals surface area contributed by atoms with E-state index in [0.29, 0.717) is 0 Å². The Labute approximate surface area is 78.0 Å². The van der Waals surface area contributed by atoms with E-state index in [-0.39, 0.29) is 0 Å². The first-order valence-electron chi connectivity index (χ1n) is 4.76. The van der Waals surface area contributed by atoms with Crippen LogP contribution in [0.5, 0.6) is 0 Å². The Bertz CT molecular complexity index is 455. The molecule has 1 rings (SSSR count). The van der Waals surface area contributed by atoms with Crippen molar-refractivity contribution < 1.29 is 18.9 Å². The highest BCUT2D eigenvalue weighted by molar-refractivity contribution is 5.92. The Kier molecular flexibility index (Phi) is 1.41. The Morgan fingerprint density at radius 3 is 2.85 bits per heavy atom. The van der Waals surface area contributed by atoms with Gasteiger partial charge in [-0.2, -0.15) is 0 Å². The van der Waals surface area contributed by atoms with Crippen LogP contribution in [-0.2, 0) is 0 Å². The van der Waals surface area contributed by atoms with Crippen molar-refractivity contribution in [1.82, 2.24) is 0 Å². The molecule has 0 unspecified atom stereocenters. The van der Waals surface area contributed by atoms with Gasteiger partial charge in [-0.05, 0) is 12.9 Å². The Hall–Kier alpha value is -1.91. The van der Waals surface area contributed by atoms with Crippen molar-refractivity contribution in [2.75, 3.05) is 0 Å². The summed E-state index contributed by atoms with van der Waals surface area (Å²) in [7, 11) is 0. The monoisotopic (exact) mass is 184 g/mol. The molecule has 0 aliphatic rings. The highest BCUT2D eigenvalue weighted by Gasteiger charge is 2.21. The molecule has 0 radical (unpaired) electrons. The summed E-state index contributed by atoms with van der Waals surface area (Å²) in [5.74, 6) is -1.53. The van der Waals surface area contributed by atoms with Gasteiger partial charge in [-0.15, -0.1) is 0 Å². The van der Waals surface area contributed by atoms with Gasteiger partial charge in [0.05, 0.1) is 4.92 Å². The Balaban J connectivity index is 3.58. The number of hydrogen-bond donors (Lipinski definition) is 1. The van der Waals surface area contributed by atoms with Crippen LogP contribution < -0.4 is 0 Å². The molecule has 0 amide bonds. The summed E-state index contributed by atoms with van der Waals surface area (Å²) < 4.78 is 21.2. The zero-order valence-corrected chi connectivity index (χ0v) is 6.35. The molecular weight excluding hydrogens is 174 g/mol. The third kappa shape index (κ3) is 1.64. The van der Waals surface area contributed by atoms with E-state index < -0.39 is 34.6 Å². The molecule has 0 heterocycles. The van der Waals surface area contributed by atoms with Gasteiger partial charge in [0, 0.05) is 9.68 Å². The minimum absolute atomic E-state index is 0.572. The summed E-state index contributed by atoms with van der Waals surface area (Å²) in [5, 5.41) is 19.4. The van der Waals surface area contributed by atoms with E-state index in [0.717, 1.165) is 18.2 Å². The van der Waals surface area contributed by atoms with Gasteiger partial charge >= 0.3 is 5.97 Å². The number of hydrogen-bond acceptors (Lipinski definition) is 3. The van der Waals surface area contributed by atoms with Crippen LogP contribution in [-0.4, -0.2) is 16.0 Å². The summed E-state index contributed by atoms with van der Waals surface area (Å²) >= 11 is 0. The smallest absolute Gasteiger partial charge is 0.342 e. The van der Waals surface area contributed by atoms with Gasteiger partial charge in [-0.3, -0.25) is 10.1 Å². The number of benzene rings is 1. The number of carboxylic acids is 1. The number of nitro groups is 1. The largest absolute Gasteiger partial charge is 0.477 e. The number of aromatic carboxylic acids is 1. The maximum Gasteiger partial charge on any atom is 0.342 e. The maximum atomic E-state index is 10.7. The molecule has 0 fully saturated rings. The van der Waals surface area contributed by atoms with Crippen molar-refractivity contribution in [3.05, 3.63) is 39.4 Å². The quantitative estimate of drug-likeness (QED) is 0.559. The molecule has 68 valence electrons. The van der Waals surface area contributed by atoms with Crippen LogP contribution in [0, 0.1) is 17.0 Å². The lowest BCUT2D eigenvalue weighted by Crippen LogP contribution is -2.03. The third-order valence-corrected chi connectivity index (χ3v) is 1.45. The second-order valence-corrected chi connectivity index (χ2v) is 2.26. The number of para-hydroxylation sites is 1. The van der Waals surface area contributed by atoms with Crippen LogP contribution in [0.15, 0.2) is 18.2 Å². The lowest BCUT2D eigenvalue weighted by molar-refractivity contribution is -0.385. The van der Waals surface area contributed by atoms with Gasteiger partial charge in [0.15, 0.2) is 0 Å². The summed E-state index contributed by atoms with van der Waals surface area (Å²) in [4.78, 5) is 20.4. The van der Waals surface area contributed by atoms with E-state index in [9.17, 15) is 14.9 Å². The predicted octanol–water partition coefficient (Wildman–Crippen LogP) is 1.60. The topological polar surface area (TPSA) is 80.4 Å². The van der Waals surface area contributed by atoms with Crippen LogP contribution in [0.3, 0.4) is 0 Å². The number of nitro benzene ring substituents is 1.